The maximum atomic E-state index is 14.8. The smallest absolute Gasteiger partial charge is 0.288 e. The van der Waals surface area contributed by atoms with Gasteiger partial charge in [-0.1, -0.05) is 73.2 Å². The van der Waals surface area contributed by atoms with Crippen LogP contribution in [-0.2, 0) is 27.3 Å². The summed E-state index contributed by atoms with van der Waals surface area (Å²) in [5.74, 6) is 0.198. The van der Waals surface area contributed by atoms with Gasteiger partial charge >= 0.3 is 0 Å². The lowest BCUT2D eigenvalue weighted by atomic mass is 9.72. The second-order valence-electron chi connectivity index (χ2n) is 16.9. The molecule has 2 saturated heterocycles. The Morgan fingerprint density at radius 1 is 0.964 bits per heavy atom. The van der Waals surface area contributed by atoms with Gasteiger partial charge in [0.25, 0.3) is 6.02 Å². The van der Waals surface area contributed by atoms with E-state index in [-0.39, 0.29) is 29.9 Å². The maximum absolute atomic E-state index is 14.8. The van der Waals surface area contributed by atoms with E-state index < -0.39 is 6.04 Å². The number of ether oxygens (including phenoxy) is 1. The van der Waals surface area contributed by atoms with E-state index in [0.29, 0.717) is 50.0 Å². The summed E-state index contributed by atoms with van der Waals surface area (Å²) in [6.45, 7) is 7.91. The molecule has 1 aromatic heterocycles. The van der Waals surface area contributed by atoms with Gasteiger partial charge in [-0.05, 0) is 113 Å². The number of aryl methyl sites for hydroxylation is 1. The molecule has 0 bridgehead atoms. The first-order chi connectivity index (χ1) is 26.7. The Labute approximate surface area is 333 Å². The van der Waals surface area contributed by atoms with Gasteiger partial charge in [0, 0.05) is 50.1 Å². The lowest BCUT2D eigenvalue weighted by Gasteiger charge is -2.43. The van der Waals surface area contributed by atoms with Crippen LogP contribution in [0, 0.1) is 5.41 Å². The summed E-state index contributed by atoms with van der Waals surface area (Å²) in [4.78, 5) is 44.1. The minimum Gasteiger partial charge on any atom is -0.455 e. The quantitative estimate of drug-likeness (QED) is 0.171. The predicted molar refractivity (Wildman–Crippen MR) is 222 cm³/mol. The summed E-state index contributed by atoms with van der Waals surface area (Å²) in [5, 5.41) is 5.98. The van der Waals surface area contributed by atoms with Crippen molar-refractivity contribution < 1.29 is 14.3 Å². The number of unbranched alkanes of at least 4 members (excludes halogenated alkanes) is 1. The second kappa shape index (κ2) is 18.6. The van der Waals surface area contributed by atoms with Gasteiger partial charge < -0.3 is 24.8 Å². The molecule has 10 heteroatoms. The number of thiophene rings is 1. The van der Waals surface area contributed by atoms with Crippen molar-refractivity contribution >= 4 is 29.0 Å². The normalized spacial score (nSPS) is 26.4. The summed E-state index contributed by atoms with van der Waals surface area (Å²) in [7, 11) is 4.21. The van der Waals surface area contributed by atoms with Crippen LogP contribution in [0.1, 0.15) is 86.8 Å². The lowest BCUT2D eigenvalue weighted by molar-refractivity contribution is -0.144. The fraction of sp³-hybridized carbons (Fsp3) is 0.578. The third-order valence-corrected chi connectivity index (χ3v) is 13.4. The number of amides is 1. The average molecular weight is 767 g/mol. The Hall–Kier alpha value is -3.57. The van der Waals surface area contributed by atoms with Gasteiger partial charge in [-0.15, -0.1) is 11.3 Å². The zero-order chi connectivity index (χ0) is 38.2. The molecule has 0 unspecified atom stereocenters. The van der Waals surface area contributed by atoms with Gasteiger partial charge in [-0.2, -0.15) is 0 Å². The molecular weight excluding hydrogens is 705 g/mol. The van der Waals surface area contributed by atoms with Crippen LogP contribution in [0.2, 0.25) is 0 Å². The number of aliphatic imine (C=N–C) groups is 1. The largest absolute Gasteiger partial charge is 0.455 e. The SMILES string of the molecule is C[C@@H]1N=C(N2CCN(C(=O)[C@@H](CCCCN(C)C)NC3CCC4(CC3)CCN(Cc3ccccc3)C4)[C@H](C(=O)CCc3cccs3)C2)O[C@H]1c1ccccc1. The standard InChI is InChI=1S/C45H62N6O3S/c1-34-42(36-15-8-5-9-16-36)54-44(46-34)50-28-29-51(40(32-50)41(52)20-19-38-17-12-30-55-38)43(53)39(18-10-11-26-48(2)3)47-37-21-23-45(24-22-37)25-27-49(33-45)31-35-13-6-4-7-14-35/h4-9,12-17,30,34,37,39-40,42,47H,10-11,18-29,31-33H2,1-3H3/t34-,37?,39+,40-,42+,45?/m0/s1. The number of benzene rings is 2. The van der Waals surface area contributed by atoms with Crippen molar-refractivity contribution in [2.24, 2.45) is 10.4 Å². The highest BCUT2D eigenvalue weighted by molar-refractivity contribution is 7.09. The number of hydrogen-bond acceptors (Lipinski definition) is 9. The van der Waals surface area contributed by atoms with Crippen molar-refractivity contribution in [2.75, 3.05) is 53.4 Å². The van der Waals surface area contributed by atoms with Gasteiger partial charge in [-0.25, -0.2) is 4.99 Å². The molecule has 55 heavy (non-hydrogen) atoms. The third-order valence-electron chi connectivity index (χ3n) is 12.5. The van der Waals surface area contributed by atoms with Crippen LogP contribution in [0.3, 0.4) is 0 Å². The number of piperazine rings is 1. The fourth-order valence-corrected chi connectivity index (χ4v) is 10.1. The van der Waals surface area contributed by atoms with Crippen LogP contribution >= 0.6 is 11.3 Å². The molecule has 1 N–H and O–H groups in total. The number of hydrogen-bond donors (Lipinski definition) is 1. The second-order valence-corrected chi connectivity index (χ2v) is 17.9. The Kier molecular flexibility index (Phi) is 13.4. The lowest BCUT2D eigenvalue weighted by Crippen LogP contribution is -2.63. The van der Waals surface area contributed by atoms with E-state index in [0.717, 1.165) is 57.3 Å². The molecule has 1 amide bonds. The first kappa shape index (κ1) is 39.7. The zero-order valence-corrected chi connectivity index (χ0v) is 34.1. The van der Waals surface area contributed by atoms with Crippen LogP contribution in [-0.4, -0.2) is 115 Å². The van der Waals surface area contributed by atoms with Crippen LogP contribution in [0.15, 0.2) is 83.2 Å². The Bertz CT molecular complexity index is 1690. The number of nitrogens with one attached hydrogen (secondary N) is 1. The maximum Gasteiger partial charge on any atom is 0.288 e. The van der Waals surface area contributed by atoms with Crippen molar-refractivity contribution in [3.05, 3.63) is 94.2 Å². The molecule has 4 heterocycles. The molecule has 3 aromatic rings. The van der Waals surface area contributed by atoms with Gasteiger partial charge in [0.1, 0.15) is 12.1 Å². The summed E-state index contributed by atoms with van der Waals surface area (Å²) < 4.78 is 6.49. The van der Waals surface area contributed by atoms with Crippen LogP contribution in [0.5, 0.6) is 0 Å². The van der Waals surface area contributed by atoms with Crippen LogP contribution in [0.4, 0.5) is 0 Å². The number of Topliss-reactive ketones (excluding diaryl/α,β-unsaturated/α-hetero) is 1. The van der Waals surface area contributed by atoms with E-state index in [2.05, 4.69) is 94.9 Å². The first-order valence-corrected chi connectivity index (χ1v) is 21.7. The van der Waals surface area contributed by atoms with Crippen LogP contribution < -0.4 is 5.32 Å². The summed E-state index contributed by atoms with van der Waals surface area (Å²) in [5.41, 5.74) is 2.88. The number of likely N-dealkylation sites (tertiary alicyclic amines) is 1. The number of carbonyl (C=O) groups excluding carboxylic acids is 2. The van der Waals surface area contributed by atoms with Crippen molar-refractivity contribution in [3.8, 4) is 0 Å². The molecule has 4 aliphatic rings. The van der Waals surface area contributed by atoms with E-state index in [9.17, 15) is 9.59 Å². The highest BCUT2D eigenvalue weighted by Crippen LogP contribution is 2.44. The van der Waals surface area contributed by atoms with Gasteiger partial charge in [0.05, 0.1) is 12.1 Å². The molecule has 4 atom stereocenters. The van der Waals surface area contributed by atoms with Crippen molar-refractivity contribution in [3.63, 3.8) is 0 Å². The third kappa shape index (κ3) is 10.2. The van der Waals surface area contributed by atoms with Crippen molar-refractivity contribution in [1.82, 2.24) is 24.9 Å². The Morgan fingerprint density at radius 3 is 2.45 bits per heavy atom. The van der Waals surface area contributed by atoms with E-state index in [1.165, 1.54) is 36.2 Å². The van der Waals surface area contributed by atoms with E-state index in [1.807, 2.05) is 29.2 Å². The van der Waals surface area contributed by atoms with Gasteiger partial charge in [0.15, 0.2) is 5.78 Å². The van der Waals surface area contributed by atoms with E-state index in [1.54, 1.807) is 11.3 Å². The molecule has 296 valence electrons. The highest BCUT2D eigenvalue weighted by atomic mass is 32.1. The topological polar surface area (TPSA) is 80.7 Å². The first-order valence-electron chi connectivity index (χ1n) is 20.8. The molecule has 0 radical (unpaired) electrons. The van der Waals surface area contributed by atoms with Crippen molar-refractivity contribution in [2.45, 2.75) is 108 Å². The minimum absolute atomic E-state index is 0.0356. The molecule has 3 aliphatic heterocycles. The number of nitrogens with zero attached hydrogens (tertiary/aromatic N) is 5. The van der Waals surface area contributed by atoms with Crippen molar-refractivity contribution in [1.29, 1.82) is 0 Å². The molecule has 1 aliphatic carbocycles. The summed E-state index contributed by atoms with van der Waals surface area (Å²) in [6, 6.07) is 25.2. The average Bonchev–Trinajstić information content (AvgIpc) is 3.97. The monoisotopic (exact) mass is 766 g/mol. The van der Waals surface area contributed by atoms with E-state index >= 15 is 0 Å². The van der Waals surface area contributed by atoms with E-state index in [4.69, 9.17) is 9.73 Å². The van der Waals surface area contributed by atoms with Gasteiger partial charge in [0.2, 0.25) is 5.91 Å². The molecule has 7 rings (SSSR count). The summed E-state index contributed by atoms with van der Waals surface area (Å²) >= 11 is 1.68. The van der Waals surface area contributed by atoms with Crippen LogP contribution in [0.25, 0.3) is 0 Å². The number of amidine groups is 1. The Balaban J connectivity index is 1.02. The molecule has 1 saturated carbocycles. The number of carbonyl (C=O) groups is 2. The number of ketones is 1. The number of rotatable bonds is 15. The molecular formula is C45H62N6O3S. The molecule has 9 nitrogen and oxygen atoms in total. The summed E-state index contributed by atoms with van der Waals surface area (Å²) in [6.07, 6.45) is 9.57. The molecule has 2 aromatic carbocycles. The Morgan fingerprint density at radius 2 is 1.73 bits per heavy atom. The minimum atomic E-state index is -0.548. The molecule has 3 fully saturated rings. The fourth-order valence-electron chi connectivity index (χ4n) is 9.34. The highest BCUT2D eigenvalue weighted by Gasteiger charge is 2.44. The zero-order valence-electron chi connectivity index (χ0n) is 33.3. The predicted octanol–water partition coefficient (Wildman–Crippen LogP) is 6.80. The molecule has 1 spiro atoms. The van der Waals surface area contributed by atoms with Gasteiger partial charge in [-0.3, -0.25) is 14.5 Å².